The standard InChI is InChI=1S/C19H25N3OS/c1-3-20-18(23)13-16-19(14-8-10-15(24-2)11-9-14)21-17-7-5-4-6-12-22(16)17/h8-11H,3-7,12-13H2,1-2H3,(H,20,23). The fourth-order valence-corrected chi connectivity index (χ4v) is 3.70. The zero-order chi connectivity index (χ0) is 16.9. The highest BCUT2D eigenvalue weighted by molar-refractivity contribution is 7.98. The molecule has 5 heteroatoms. The van der Waals surface area contributed by atoms with Crippen LogP contribution in [-0.2, 0) is 24.2 Å². The highest BCUT2D eigenvalue weighted by Gasteiger charge is 2.21. The van der Waals surface area contributed by atoms with Gasteiger partial charge in [-0.15, -0.1) is 11.8 Å². The number of thioether (sulfide) groups is 1. The number of aryl methyl sites for hydroxylation is 1. The van der Waals surface area contributed by atoms with Crippen LogP contribution in [0.2, 0.25) is 0 Å². The number of benzene rings is 1. The van der Waals surface area contributed by atoms with Crippen LogP contribution in [0, 0.1) is 0 Å². The van der Waals surface area contributed by atoms with Crippen molar-refractivity contribution in [1.29, 1.82) is 0 Å². The Morgan fingerprint density at radius 3 is 2.75 bits per heavy atom. The summed E-state index contributed by atoms with van der Waals surface area (Å²) in [6.07, 6.45) is 7.07. The van der Waals surface area contributed by atoms with Gasteiger partial charge in [0.25, 0.3) is 0 Å². The predicted molar refractivity (Wildman–Crippen MR) is 99.4 cm³/mol. The van der Waals surface area contributed by atoms with Crippen molar-refractivity contribution in [2.45, 2.75) is 50.5 Å². The lowest BCUT2D eigenvalue weighted by Crippen LogP contribution is -2.26. The van der Waals surface area contributed by atoms with Gasteiger partial charge in [0.15, 0.2) is 0 Å². The minimum Gasteiger partial charge on any atom is -0.356 e. The summed E-state index contributed by atoms with van der Waals surface area (Å²) in [7, 11) is 0. The predicted octanol–water partition coefficient (Wildman–Crippen LogP) is 3.68. The Kier molecular flexibility index (Phi) is 5.61. The number of aromatic nitrogens is 2. The summed E-state index contributed by atoms with van der Waals surface area (Å²) in [5.41, 5.74) is 3.15. The van der Waals surface area contributed by atoms with Crippen LogP contribution in [0.3, 0.4) is 0 Å². The van der Waals surface area contributed by atoms with Crippen LogP contribution >= 0.6 is 11.8 Å². The third kappa shape index (κ3) is 3.66. The van der Waals surface area contributed by atoms with E-state index in [0.29, 0.717) is 13.0 Å². The number of rotatable bonds is 5. The molecule has 1 aromatic heterocycles. The number of hydrogen-bond donors (Lipinski definition) is 1. The molecule has 0 atom stereocenters. The summed E-state index contributed by atoms with van der Waals surface area (Å²) < 4.78 is 2.29. The molecule has 1 aromatic carbocycles. The number of carbonyl (C=O) groups excluding carboxylic acids is 1. The van der Waals surface area contributed by atoms with E-state index in [-0.39, 0.29) is 5.91 Å². The average Bonchev–Trinajstić information content (AvgIpc) is 2.78. The Morgan fingerprint density at radius 1 is 1.25 bits per heavy atom. The second-order valence-corrected chi connectivity index (χ2v) is 7.02. The van der Waals surface area contributed by atoms with Crippen LogP contribution < -0.4 is 5.32 Å². The second kappa shape index (κ2) is 7.88. The van der Waals surface area contributed by atoms with Crippen molar-refractivity contribution >= 4 is 17.7 Å². The van der Waals surface area contributed by atoms with Gasteiger partial charge >= 0.3 is 0 Å². The van der Waals surface area contributed by atoms with Gasteiger partial charge in [0, 0.05) is 30.0 Å². The van der Waals surface area contributed by atoms with Crippen LogP contribution in [0.15, 0.2) is 29.2 Å². The van der Waals surface area contributed by atoms with E-state index in [1.807, 2.05) is 6.92 Å². The van der Waals surface area contributed by atoms with Crippen LogP contribution in [0.25, 0.3) is 11.3 Å². The van der Waals surface area contributed by atoms with E-state index in [0.717, 1.165) is 42.2 Å². The van der Waals surface area contributed by atoms with Crippen molar-refractivity contribution in [3.8, 4) is 11.3 Å². The number of nitrogens with one attached hydrogen (secondary N) is 1. The largest absolute Gasteiger partial charge is 0.356 e. The van der Waals surface area contributed by atoms with Gasteiger partial charge in [-0.1, -0.05) is 18.6 Å². The SMILES string of the molecule is CCNC(=O)Cc1c(-c2ccc(SC)cc2)nc2n1CCCCC2. The number of fused-ring (bicyclic) bond motifs is 1. The molecule has 4 nitrogen and oxygen atoms in total. The second-order valence-electron chi connectivity index (χ2n) is 6.14. The molecule has 2 heterocycles. The molecule has 0 bridgehead atoms. The van der Waals surface area contributed by atoms with E-state index in [9.17, 15) is 4.79 Å². The van der Waals surface area contributed by atoms with E-state index in [4.69, 9.17) is 4.98 Å². The highest BCUT2D eigenvalue weighted by atomic mass is 32.2. The van der Waals surface area contributed by atoms with Gasteiger partial charge in [-0.25, -0.2) is 4.98 Å². The number of nitrogens with zero attached hydrogens (tertiary/aromatic N) is 2. The van der Waals surface area contributed by atoms with E-state index in [1.165, 1.54) is 17.7 Å². The maximum absolute atomic E-state index is 12.2. The van der Waals surface area contributed by atoms with Gasteiger partial charge in [0.1, 0.15) is 5.82 Å². The van der Waals surface area contributed by atoms with Gasteiger partial charge in [0.05, 0.1) is 17.8 Å². The molecule has 0 saturated heterocycles. The maximum Gasteiger partial charge on any atom is 0.226 e. The third-order valence-electron chi connectivity index (χ3n) is 4.50. The van der Waals surface area contributed by atoms with Crippen molar-refractivity contribution in [2.75, 3.05) is 12.8 Å². The van der Waals surface area contributed by atoms with Gasteiger partial charge < -0.3 is 9.88 Å². The fourth-order valence-electron chi connectivity index (χ4n) is 3.29. The average molecular weight is 343 g/mol. The zero-order valence-electron chi connectivity index (χ0n) is 14.5. The molecule has 0 radical (unpaired) electrons. The molecule has 24 heavy (non-hydrogen) atoms. The Hall–Kier alpha value is -1.75. The fraction of sp³-hybridized carbons (Fsp3) is 0.474. The Balaban J connectivity index is 2.01. The van der Waals surface area contributed by atoms with Crippen molar-refractivity contribution in [3.63, 3.8) is 0 Å². The summed E-state index contributed by atoms with van der Waals surface area (Å²) in [6.45, 7) is 3.59. The van der Waals surface area contributed by atoms with Crippen molar-refractivity contribution < 1.29 is 4.79 Å². The Bertz CT molecular complexity index is 706. The first-order chi connectivity index (χ1) is 11.7. The van der Waals surface area contributed by atoms with Crippen molar-refractivity contribution in [1.82, 2.24) is 14.9 Å². The smallest absolute Gasteiger partial charge is 0.226 e. The van der Waals surface area contributed by atoms with E-state index in [2.05, 4.69) is 40.4 Å². The molecule has 2 aromatic rings. The van der Waals surface area contributed by atoms with Gasteiger partial charge in [-0.3, -0.25) is 4.79 Å². The molecule has 128 valence electrons. The van der Waals surface area contributed by atoms with Crippen LogP contribution in [0.5, 0.6) is 0 Å². The summed E-state index contributed by atoms with van der Waals surface area (Å²) in [6, 6.07) is 8.49. The molecule has 0 unspecified atom stereocenters. The van der Waals surface area contributed by atoms with Gasteiger partial charge in [-0.05, 0) is 38.2 Å². The molecule has 3 rings (SSSR count). The first-order valence-corrected chi connectivity index (χ1v) is 9.94. The first kappa shape index (κ1) is 17.1. The number of hydrogen-bond acceptors (Lipinski definition) is 3. The molecule has 1 N–H and O–H groups in total. The lowest BCUT2D eigenvalue weighted by Gasteiger charge is -2.11. The first-order valence-electron chi connectivity index (χ1n) is 8.72. The number of amides is 1. The number of carbonyl (C=O) groups is 1. The third-order valence-corrected chi connectivity index (χ3v) is 5.24. The summed E-state index contributed by atoms with van der Waals surface area (Å²) >= 11 is 1.73. The molecule has 0 aliphatic carbocycles. The molecular formula is C19H25N3OS. The normalized spacial score (nSPS) is 14.1. The Morgan fingerprint density at radius 2 is 2.04 bits per heavy atom. The topological polar surface area (TPSA) is 46.9 Å². The minimum absolute atomic E-state index is 0.0754. The summed E-state index contributed by atoms with van der Waals surface area (Å²) in [5.74, 6) is 1.21. The molecule has 0 saturated carbocycles. The molecule has 0 spiro atoms. The van der Waals surface area contributed by atoms with Crippen molar-refractivity contribution in [2.24, 2.45) is 0 Å². The van der Waals surface area contributed by atoms with Crippen LogP contribution in [0.1, 0.15) is 37.7 Å². The Labute approximate surface area is 148 Å². The molecule has 0 fully saturated rings. The van der Waals surface area contributed by atoms with Gasteiger partial charge in [-0.2, -0.15) is 0 Å². The monoisotopic (exact) mass is 343 g/mol. The summed E-state index contributed by atoms with van der Waals surface area (Å²) in [5, 5.41) is 2.92. The van der Waals surface area contributed by atoms with E-state index < -0.39 is 0 Å². The van der Waals surface area contributed by atoms with Gasteiger partial charge in [0.2, 0.25) is 5.91 Å². The zero-order valence-corrected chi connectivity index (χ0v) is 15.3. The number of likely N-dealkylation sites (N-methyl/N-ethyl adjacent to an activating group) is 1. The maximum atomic E-state index is 12.2. The molecule has 1 amide bonds. The molecule has 1 aliphatic heterocycles. The highest BCUT2D eigenvalue weighted by Crippen LogP contribution is 2.29. The van der Waals surface area contributed by atoms with Crippen molar-refractivity contribution in [3.05, 3.63) is 35.8 Å². The van der Waals surface area contributed by atoms with E-state index >= 15 is 0 Å². The molecular weight excluding hydrogens is 318 g/mol. The lowest BCUT2D eigenvalue weighted by molar-refractivity contribution is -0.120. The lowest BCUT2D eigenvalue weighted by atomic mass is 10.1. The molecule has 1 aliphatic rings. The number of imidazole rings is 1. The minimum atomic E-state index is 0.0754. The summed E-state index contributed by atoms with van der Waals surface area (Å²) in [4.78, 5) is 18.4. The van der Waals surface area contributed by atoms with Crippen LogP contribution in [-0.4, -0.2) is 28.3 Å². The van der Waals surface area contributed by atoms with Crippen LogP contribution in [0.4, 0.5) is 0 Å². The van der Waals surface area contributed by atoms with E-state index in [1.54, 1.807) is 11.8 Å². The quantitative estimate of drug-likeness (QED) is 0.843.